The zero-order chi connectivity index (χ0) is 40.8. The summed E-state index contributed by atoms with van der Waals surface area (Å²) >= 11 is 0. The molecule has 0 fully saturated rings. The minimum atomic E-state index is -5.01. The van der Waals surface area contributed by atoms with Gasteiger partial charge in [-0.15, -0.1) is 0 Å². The highest BCUT2D eigenvalue weighted by Crippen LogP contribution is 2.31. The molecule has 4 aromatic rings. The lowest BCUT2D eigenvalue weighted by Crippen LogP contribution is -2.24. The molecule has 2 aliphatic rings. The van der Waals surface area contributed by atoms with Crippen molar-refractivity contribution in [3.05, 3.63) is 119 Å². The maximum Gasteiger partial charge on any atom is 0.295 e. The van der Waals surface area contributed by atoms with E-state index < -0.39 is 83.1 Å². The molecule has 2 aromatic heterocycles. The molecule has 0 unspecified atom stereocenters. The van der Waals surface area contributed by atoms with Crippen LogP contribution in [-0.4, -0.2) is 84.8 Å². The topological polar surface area (TPSA) is 326 Å². The summed E-state index contributed by atoms with van der Waals surface area (Å²) in [6.07, 6.45) is 6.11. The zero-order valence-electron chi connectivity index (χ0n) is 27.5. The quantitative estimate of drug-likeness (QED) is 0.0759. The van der Waals surface area contributed by atoms with Gasteiger partial charge in [0, 0.05) is 23.5 Å². The zero-order valence-corrected chi connectivity index (χ0v) is 30.8. The van der Waals surface area contributed by atoms with Crippen LogP contribution in [0.15, 0.2) is 105 Å². The average Bonchev–Trinajstić information content (AvgIpc) is 3.12. The first-order valence-electron chi connectivity index (χ1n) is 15.1. The second-order valence-electron chi connectivity index (χ2n) is 11.4. The van der Waals surface area contributed by atoms with Crippen molar-refractivity contribution in [1.29, 1.82) is 0 Å². The highest BCUT2D eigenvalue weighted by molar-refractivity contribution is 7.95. The summed E-state index contributed by atoms with van der Waals surface area (Å²) < 4.78 is 137. The fourth-order valence-corrected chi connectivity index (χ4v) is 8.13. The van der Waals surface area contributed by atoms with Crippen molar-refractivity contribution >= 4 is 96.8 Å². The number of allylic oxidation sites excluding steroid dienone is 2. The first kappa shape index (κ1) is 39.6. The minimum Gasteiger partial charge on any atom is -0.285 e. The van der Waals surface area contributed by atoms with Crippen LogP contribution in [0.2, 0.25) is 0 Å². The predicted molar refractivity (Wildman–Crippen MR) is 200 cm³/mol. The number of nitrogens with zero attached hydrogens (tertiary/aromatic N) is 4. The van der Waals surface area contributed by atoms with E-state index in [2.05, 4.69) is 31.0 Å². The van der Waals surface area contributed by atoms with E-state index in [0.29, 0.717) is 0 Å². The third-order valence-electron chi connectivity index (χ3n) is 7.77. The van der Waals surface area contributed by atoms with Gasteiger partial charge in [-0.05, 0) is 71.8 Å². The molecule has 6 N–H and O–H groups in total. The smallest absolute Gasteiger partial charge is 0.285 e. The lowest BCUT2D eigenvalue weighted by molar-refractivity contribution is 0.105. The van der Waals surface area contributed by atoms with Crippen molar-refractivity contribution in [2.24, 2.45) is 10.2 Å². The summed E-state index contributed by atoms with van der Waals surface area (Å²) in [5, 5.41) is 7.64. The van der Waals surface area contributed by atoms with Gasteiger partial charge in [-0.1, -0.05) is 24.3 Å². The van der Waals surface area contributed by atoms with E-state index in [0.717, 1.165) is 48.6 Å². The van der Waals surface area contributed by atoms with E-state index in [4.69, 9.17) is 0 Å². The molecule has 2 aromatic carbocycles. The van der Waals surface area contributed by atoms with Crippen LogP contribution in [0.25, 0.3) is 22.0 Å². The van der Waals surface area contributed by atoms with Gasteiger partial charge in [0.15, 0.2) is 0 Å². The molecule has 56 heavy (non-hydrogen) atoms. The fourth-order valence-electron chi connectivity index (χ4n) is 5.30. The van der Waals surface area contributed by atoms with E-state index in [-0.39, 0.29) is 45.0 Å². The Hall–Kier alpha value is -6.12. The number of pyridine rings is 2. The van der Waals surface area contributed by atoms with Gasteiger partial charge < -0.3 is 0 Å². The number of hydrogen-bond acceptors (Lipinski definition) is 16. The van der Waals surface area contributed by atoms with Crippen LogP contribution < -0.4 is 10.9 Å². The summed E-state index contributed by atoms with van der Waals surface area (Å²) in [6.45, 7) is 0. The van der Waals surface area contributed by atoms with Gasteiger partial charge >= 0.3 is 0 Å². The van der Waals surface area contributed by atoms with Crippen LogP contribution in [-0.2, 0) is 40.5 Å². The Kier molecular flexibility index (Phi) is 10.3. The van der Waals surface area contributed by atoms with Crippen molar-refractivity contribution in [1.82, 2.24) is 9.97 Å². The van der Waals surface area contributed by atoms with Crippen molar-refractivity contribution in [3.63, 3.8) is 0 Å². The number of nitrogens with one attached hydrogen (secondary N) is 2. The van der Waals surface area contributed by atoms with Gasteiger partial charge in [0.2, 0.25) is 11.6 Å². The van der Waals surface area contributed by atoms with Crippen molar-refractivity contribution < 1.29 is 61.5 Å². The number of hydrazone groups is 2. The Morgan fingerprint density at radius 1 is 0.536 bits per heavy atom. The predicted octanol–water partition coefficient (Wildman–Crippen LogP) is 2.93. The lowest BCUT2D eigenvalue weighted by atomic mass is 10.00. The van der Waals surface area contributed by atoms with Gasteiger partial charge in [0.1, 0.15) is 42.4 Å². The van der Waals surface area contributed by atoms with Gasteiger partial charge in [-0.2, -0.15) is 43.9 Å². The highest BCUT2D eigenvalue weighted by atomic mass is 32.2. The van der Waals surface area contributed by atoms with Crippen LogP contribution in [0.3, 0.4) is 0 Å². The van der Waals surface area contributed by atoms with Crippen LogP contribution >= 0.6 is 0 Å². The number of benzene rings is 2. The lowest BCUT2D eigenvalue weighted by Gasteiger charge is -2.15. The number of ketones is 2. The van der Waals surface area contributed by atoms with Crippen molar-refractivity contribution in [2.45, 2.75) is 9.79 Å². The molecule has 288 valence electrons. The summed E-state index contributed by atoms with van der Waals surface area (Å²) in [7, 11) is -19.7. The molecule has 0 saturated heterocycles. The standard InChI is InChI=1S/C32H22N6O14S4/c39-31-23(15-27(55(47,48)49)21-3-1-11-33-29(21)31)37-35-19-9-7-17(25(13-19)53(41,42)43)5-6-18-8-10-20(14-26(18)54(44,45)46)36-38-24-16-28(56(50,51)52)22-4-2-12-34-30(22)32(24)40/h1-16,35-36H,(H,41,42,43)(H,44,45,46)(H,47,48,49)(H,50,51,52)/b6-5+,37-23-,38-24+. The molecule has 6 rings (SSSR count). The Morgan fingerprint density at radius 3 is 1.25 bits per heavy atom. The molecular weight excluding hydrogens is 821 g/mol. The molecule has 0 aliphatic heterocycles. The monoisotopic (exact) mass is 842 g/mol. The first-order valence-corrected chi connectivity index (χ1v) is 20.9. The number of anilines is 2. The second kappa shape index (κ2) is 14.5. The number of carbonyl (C=O) groups excluding carboxylic acids is 2. The van der Waals surface area contributed by atoms with Crippen LogP contribution in [0.4, 0.5) is 11.4 Å². The molecule has 20 nitrogen and oxygen atoms in total. The van der Waals surface area contributed by atoms with Gasteiger partial charge in [0.25, 0.3) is 40.5 Å². The van der Waals surface area contributed by atoms with Crippen molar-refractivity contribution in [2.75, 3.05) is 10.9 Å². The Bertz CT molecular complexity index is 2810. The molecule has 0 radical (unpaired) electrons. The molecule has 0 spiro atoms. The SMILES string of the molecule is O=C1/C(=N\Nc2ccc(/C=C/c3ccc(N/N=C4\C=C(S(=O)(=O)O)c5cccnc5C4=O)cc3S(=O)(=O)O)c(S(=O)(=O)O)c2)C=C(S(=O)(=O)O)c2cccnc21. The summed E-state index contributed by atoms with van der Waals surface area (Å²) in [5.74, 6) is -1.68. The number of hydrogen-bond donors (Lipinski definition) is 6. The number of Topliss-reactive ketones (excluding diaryl/α,β-unsaturated/α-hetero) is 2. The molecular formula is C32H22N6O14S4. The highest BCUT2D eigenvalue weighted by Gasteiger charge is 2.33. The maximum atomic E-state index is 12.9. The van der Waals surface area contributed by atoms with Crippen LogP contribution in [0, 0.1) is 0 Å². The molecule has 2 aliphatic carbocycles. The molecule has 0 amide bonds. The van der Waals surface area contributed by atoms with Crippen LogP contribution in [0.1, 0.15) is 43.2 Å². The number of carbonyl (C=O) groups is 2. The summed E-state index contributed by atoms with van der Waals surface area (Å²) in [6, 6.07) is 11.7. The molecule has 0 saturated carbocycles. The van der Waals surface area contributed by atoms with E-state index in [1.54, 1.807) is 0 Å². The van der Waals surface area contributed by atoms with E-state index >= 15 is 0 Å². The number of fused-ring (bicyclic) bond motifs is 2. The normalized spacial score (nSPS) is 16.4. The molecule has 24 heteroatoms. The fraction of sp³-hybridized carbons (Fsp3) is 0. The third-order valence-corrected chi connectivity index (χ3v) is 11.4. The minimum absolute atomic E-state index is 0.145. The van der Waals surface area contributed by atoms with Gasteiger partial charge in [0.05, 0.1) is 11.4 Å². The number of rotatable bonds is 10. The summed E-state index contributed by atoms with van der Waals surface area (Å²) in [5.41, 5.74) is 1.94. The Labute approximate surface area is 316 Å². The van der Waals surface area contributed by atoms with Crippen LogP contribution in [0.5, 0.6) is 0 Å². The van der Waals surface area contributed by atoms with Gasteiger partial charge in [-0.25, -0.2) is 0 Å². The molecule has 0 atom stereocenters. The first-order chi connectivity index (χ1) is 26.1. The van der Waals surface area contributed by atoms with E-state index in [9.17, 15) is 61.5 Å². The summed E-state index contributed by atoms with van der Waals surface area (Å²) in [4.78, 5) is 30.7. The average molecular weight is 843 g/mol. The Morgan fingerprint density at radius 2 is 0.911 bits per heavy atom. The van der Waals surface area contributed by atoms with Gasteiger partial charge in [-0.3, -0.25) is 48.6 Å². The second-order valence-corrected chi connectivity index (χ2v) is 17.0. The largest absolute Gasteiger partial charge is 0.295 e. The maximum absolute atomic E-state index is 12.9. The van der Waals surface area contributed by atoms with E-state index in [1.807, 2.05) is 0 Å². The Balaban J connectivity index is 1.30. The van der Waals surface area contributed by atoms with Crippen molar-refractivity contribution in [3.8, 4) is 0 Å². The molecule has 0 bridgehead atoms. The third kappa shape index (κ3) is 8.26. The number of aromatic nitrogens is 2. The van der Waals surface area contributed by atoms with E-state index in [1.165, 1.54) is 48.8 Å². The molecule has 2 heterocycles.